The third-order valence-electron chi connectivity index (χ3n) is 5.86. The molecule has 32 heavy (non-hydrogen) atoms. The van der Waals surface area contributed by atoms with Crippen LogP contribution in [0, 0.1) is 0 Å². The molecule has 0 saturated carbocycles. The molecule has 1 aliphatic heterocycles. The fourth-order valence-corrected chi connectivity index (χ4v) is 5.15. The van der Waals surface area contributed by atoms with Crippen molar-refractivity contribution in [2.45, 2.75) is 51.9 Å². The van der Waals surface area contributed by atoms with Crippen molar-refractivity contribution in [3.8, 4) is 0 Å². The highest BCUT2D eigenvalue weighted by Crippen LogP contribution is 2.34. The number of carbonyl (C=O) groups is 2. The zero-order valence-corrected chi connectivity index (χ0v) is 20.1. The fraction of sp³-hybridized carbons (Fsp3) is 0.417. The number of ether oxygens (including phenoxy) is 1. The highest BCUT2D eigenvalue weighted by molar-refractivity contribution is 7.16. The Morgan fingerprint density at radius 2 is 2.03 bits per heavy atom. The summed E-state index contributed by atoms with van der Waals surface area (Å²) in [4.78, 5) is 29.7. The average molecular weight is 474 g/mol. The van der Waals surface area contributed by atoms with Gasteiger partial charge in [0.15, 0.2) is 0 Å². The van der Waals surface area contributed by atoms with Gasteiger partial charge in [0.25, 0.3) is 5.91 Å². The van der Waals surface area contributed by atoms with E-state index in [-0.39, 0.29) is 17.9 Å². The van der Waals surface area contributed by atoms with E-state index in [2.05, 4.69) is 5.32 Å². The molecule has 1 aromatic carbocycles. The minimum Gasteiger partial charge on any atom is -0.379 e. The summed E-state index contributed by atoms with van der Waals surface area (Å²) in [5.74, 6) is -0.289. The van der Waals surface area contributed by atoms with E-state index >= 15 is 0 Å². The first-order valence-corrected chi connectivity index (χ1v) is 12.1. The summed E-state index contributed by atoms with van der Waals surface area (Å²) in [5, 5.41) is 6.73. The molecule has 0 radical (unpaired) electrons. The van der Waals surface area contributed by atoms with E-state index in [1.807, 2.05) is 55.0 Å². The molecule has 0 unspecified atom stereocenters. The number of benzene rings is 1. The number of amides is 2. The lowest BCUT2D eigenvalue weighted by molar-refractivity contribution is -0.133. The summed E-state index contributed by atoms with van der Waals surface area (Å²) in [7, 11) is 0. The van der Waals surface area contributed by atoms with Crippen molar-refractivity contribution in [1.29, 1.82) is 0 Å². The molecule has 2 aromatic heterocycles. The number of aromatic nitrogens is 1. The number of thiophene rings is 1. The van der Waals surface area contributed by atoms with Crippen LogP contribution in [0.1, 0.15) is 43.2 Å². The molecule has 1 N–H and O–H groups in total. The van der Waals surface area contributed by atoms with E-state index in [0.717, 1.165) is 15.8 Å². The van der Waals surface area contributed by atoms with Crippen LogP contribution in [0.2, 0.25) is 5.02 Å². The standard InChI is InChI=1S/C24H28ClN3O3S/c1-16(2)31-11-4-10-28-21(29)20-13-18-9-12-32-22(18)27(20)15-24(28,3)23(30)26-14-17-5-7-19(25)8-6-17/h5-9,12-13,16H,4,10-11,14-15H2,1-3H3,(H,26,30)/t24-/m1/s1. The van der Waals surface area contributed by atoms with Gasteiger partial charge in [0.1, 0.15) is 16.1 Å². The third-order valence-corrected chi connectivity index (χ3v) is 7.06. The Bertz CT molecular complexity index is 1120. The summed E-state index contributed by atoms with van der Waals surface area (Å²) < 4.78 is 7.66. The molecule has 0 fully saturated rings. The molecule has 1 aliphatic rings. The second-order valence-corrected chi connectivity index (χ2v) is 9.94. The van der Waals surface area contributed by atoms with Crippen molar-refractivity contribution in [3.63, 3.8) is 0 Å². The molecule has 2 amide bonds. The molecule has 0 bridgehead atoms. The van der Waals surface area contributed by atoms with Gasteiger partial charge in [-0.15, -0.1) is 11.3 Å². The van der Waals surface area contributed by atoms with Gasteiger partial charge in [0.05, 0.1) is 12.6 Å². The monoisotopic (exact) mass is 473 g/mol. The molecule has 170 valence electrons. The Morgan fingerprint density at radius 1 is 1.28 bits per heavy atom. The largest absolute Gasteiger partial charge is 0.379 e. The predicted octanol–water partition coefficient (Wildman–Crippen LogP) is 4.70. The van der Waals surface area contributed by atoms with Crippen molar-refractivity contribution < 1.29 is 14.3 Å². The van der Waals surface area contributed by atoms with Gasteiger partial charge in [-0.25, -0.2) is 0 Å². The van der Waals surface area contributed by atoms with Crippen molar-refractivity contribution >= 4 is 45.0 Å². The van der Waals surface area contributed by atoms with E-state index in [9.17, 15) is 9.59 Å². The first-order chi connectivity index (χ1) is 15.3. The Labute approximate surface area is 197 Å². The topological polar surface area (TPSA) is 63.6 Å². The molecule has 3 aromatic rings. The van der Waals surface area contributed by atoms with Gasteiger partial charge in [0.2, 0.25) is 5.91 Å². The molecular formula is C24H28ClN3O3S. The first-order valence-electron chi connectivity index (χ1n) is 10.8. The Morgan fingerprint density at radius 3 is 2.75 bits per heavy atom. The van der Waals surface area contributed by atoms with Gasteiger partial charge in [0, 0.05) is 30.1 Å². The van der Waals surface area contributed by atoms with Crippen molar-refractivity contribution in [1.82, 2.24) is 14.8 Å². The predicted molar refractivity (Wildman–Crippen MR) is 128 cm³/mol. The maximum absolute atomic E-state index is 13.5. The summed E-state index contributed by atoms with van der Waals surface area (Å²) >= 11 is 7.55. The minimum absolute atomic E-state index is 0.117. The Balaban J connectivity index is 1.58. The van der Waals surface area contributed by atoms with Crippen LogP contribution in [0.4, 0.5) is 0 Å². The third kappa shape index (κ3) is 4.42. The second-order valence-electron chi connectivity index (χ2n) is 8.61. The van der Waals surface area contributed by atoms with Gasteiger partial charge in [-0.3, -0.25) is 9.59 Å². The lowest BCUT2D eigenvalue weighted by Gasteiger charge is -2.44. The van der Waals surface area contributed by atoms with E-state index in [4.69, 9.17) is 16.3 Å². The van der Waals surface area contributed by atoms with Crippen LogP contribution in [0.15, 0.2) is 41.8 Å². The van der Waals surface area contributed by atoms with E-state index in [0.29, 0.717) is 43.4 Å². The smallest absolute Gasteiger partial charge is 0.271 e. The van der Waals surface area contributed by atoms with Crippen LogP contribution in [0.25, 0.3) is 10.2 Å². The quantitative estimate of drug-likeness (QED) is 0.482. The summed E-state index contributed by atoms with van der Waals surface area (Å²) in [6, 6.07) is 11.3. The SMILES string of the molecule is CC(C)OCCCN1C(=O)c2cc3ccsc3n2C[C@]1(C)C(=O)NCc1ccc(Cl)cc1. The van der Waals surface area contributed by atoms with Gasteiger partial charge in [-0.05, 0) is 62.4 Å². The molecule has 0 aliphatic carbocycles. The van der Waals surface area contributed by atoms with Crippen LogP contribution in [0.5, 0.6) is 0 Å². The zero-order chi connectivity index (χ0) is 22.9. The van der Waals surface area contributed by atoms with Crippen molar-refractivity contribution in [3.05, 3.63) is 58.1 Å². The normalized spacial score (nSPS) is 18.4. The zero-order valence-electron chi connectivity index (χ0n) is 18.6. The van der Waals surface area contributed by atoms with Crippen molar-refractivity contribution in [2.24, 2.45) is 0 Å². The van der Waals surface area contributed by atoms with E-state index in [1.54, 1.807) is 28.4 Å². The van der Waals surface area contributed by atoms with Crippen LogP contribution in [-0.4, -0.2) is 46.1 Å². The number of fused-ring (bicyclic) bond motifs is 3. The Kier molecular flexibility index (Phi) is 6.60. The van der Waals surface area contributed by atoms with Crippen LogP contribution < -0.4 is 5.32 Å². The molecule has 0 saturated heterocycles. The summed E-state index contributed by atoms with van der Waals surface area (Å²) in [5.41, 5.74) is 0.580. The molecule has 8 heteroatoms. The molecule has 1 atom stereocenters. The number of hydrogen-bond donors (Lipinski definition) is 1. The number of hydrogen-bond acceptors (Lipinski definition) is 4. The maximum Gasteiger partial charge on any atom is 0.271 e. The molecule has 3 heterocycles. The number of rotatable bonds is 8. The van der Waals surface area contributed by atoms with Crippen molar-refractivity contribution in [2.75, 3.05) is 13.2 Å². The van der Waals surface area contributed by atoms with Gasteiger partial charge in [-0.2, -0.15) is 0 Å². The summed E-state index contributed by atoms with van der Waals surface area (Å²) in [6.45, 7) is 7.61. The molecule has 6 nitrogen and oxygen atoms in total. The minimum atomic E-state index is -1.01. The van der Waals surface area contributed by atoms with E-state index in [1.165, 1.54) is 0 Å². The highest BCUT2D eigenvalue weighted by atomic mass is 35.5. The van der Waals surface area contributed by atoms with E-state index < -0.39 is 5.54 Å². The van der Waals surface area contributed by atoms with Gasteiger partial charge >= 0.3 is 0 Å². The van der Waals surface area contributed by atoms with Gasteiger partial charge < -0.3 is 19.5 Å². The Hall–Kier alpha value is -2.35. The average Bonchev–Trinajstić information content (AvgIpc) is 3.34. The number of carbonyl (C=O) groups excluding carboxylic acids is 2. The highest BCUT2D eigenvalue weighted by Gasteiger charge is 2.47. The van der Waals surface area contributed by atoms with Crippen LogP contribution in [0.3, 0.4) is 0 Å². The molecular weight excluding hydrogens is 446 g/mol. The number of halogens is 1. The first kappa shape index (κ1) is 22.8. The molecule has 0 spiro atoms. The molecule has 4 rings (SSSR count). The summed E-state index contributed by atoms with van der Waals surface area (Å²) in [6.07, 6.45) is 0.795. The van der Waals surface area contributed by atoms with Gasteiger partial charge in [-0.1, -0.05) is 23.7 Å². The maximum atomic E-state index is 13.5. The fourth-order valence-electron chi connectivity index (χ4n) is 4.12. The number of nitrogens with zero attached hydrogens (tertiary/aromatic N) is 2. The van der Waals surface area contributed by atoms with Crippen LogP contribution >= 0.6 is 22.9 Å². The lowest BCUT2D eigenvalue weighted by Crippen LogP contribution is -2.64. The number of nitrogens with one attached hydrogen (secondary N) is 1. The second kappa shape index (κ2) is 9.25. The van der Waals surface area contributed by atoms with Crippen LogP contribution in [-0.2, 0) is 22.6 Å². The lowest BCUT2D eigenvalue weighted by atomic mass is 9.94.